The molecule has 0 saturated carbocycles. The molecule has 0 heterocycles. The number of ether oxygens (including phenoxy) is 2. The van der Waals surface area contributed by atoms with E-state index in [9.17, 15) is 0 Å². The number of hydrogen-bond donors (Lipinski definition) is 1. The molecule has 2 unspecified atom stereocenters. The Morgan fingerprint density at radius 1 is 1.22 bits per heavy atom. The van der Waals surface area contributed by atoms with Crippen LogP contribution in [0.3, 0.4) is 0 Å². The molecule has 2 atom stereocenters. The van der Waals surface area contributed by atoms with Gasteiger partial charge in [-0.25, -0.2) is 0 Å². The molecule has 1 aromatic carbocycles. The molecule has 0 aliphatic carbocycles. The SMILES string of the molecule is CCNC(Cc1ccccc1OC)CC(C)OC. The molecule has 0 fully saturated rings. The Kier molecular flexibility index (Phi) is 6.76. The van der Waals surface area contributed by atoms with E-state index in [1.807, 2.05) is 12.1 Å². The van der Waals surface area contributed by atoms with Crippen molar-refractivity contribution >= 4 is 0 Å². The summed E-state index contributed by atoms with van der Waals surface area (Å²) >= 11 is 0. The molecule has 1 rings (SSSR count). The van der Waals surface area contributed by atoms with E-state index < -0.39 is 0 Å². The number of nitrogens with one attached hydrogen (secondary N) is 1. The maximum Gasteiger partial charge on any atom is 0.122 e. The van der Waals surface area contributed by atoms with Gasteiger partial charge in [-0.2, -0.15) is 0 Å². The predicted molar refractivity (Wildman–Crippen MR) is 75.3 cm³/mol. The summed E-state index contributed by atoms with van der Waals surface area (Å²) in [5, 5.41) is 3.51. The van der Waals surface area contributed by atoms with E-state index in [0.29, 0.717) is 6.04 Å². The van der Waals surface area contributed by atoms with Gasteiger partial charge in [0, 0.05) is 13.2 Å². The topological polar surface area (TPSA) is 30.5 Å². The monoisotopic (exact) mass is 251 g/mol. The molecule has 0 aliphatic rings. The Hall–Kier alpha value is -1.06. The molecule has 0 radical (unpaired) electrons. The van der Waals surface area contributed by atoms with Crippen molar-refractivity contribution in [2.45, 2.75) is 38.8 Å². The van der Waals surface area contributed by atoms with Crippen LogP contribution in [0.4, 0.5) is 0 Å². The zero-order valence-corrected chi connectivity index (χ0v) is 11.9. The smallest absolute Gasteiger partial charge is 0.122 e. The molecule has 0 spiro atoms. The van der Waals surface area contributed by atoms with Crippen LogP contribution in [0.5, 0.6) is 5.75 Å². The predicted octanol–water partition coefficient (Wildman–Crippen LogP) is 2.64. The van der Waals surface area contributed by atoms with E-state index in [2.05, 4.69) is 31.3 Å². The van der Waals surface area contributed by atoms with Gasteiger partial charge in [0.15, 0.2) is 0 Å². The molecule has 102 valence electrons. The molecular weight excluding hydrogens is 226 g/mol. The first-order valence-corrected chi connectivity index (χ1v) is 6.59. The maximum atomic E-state index is 5.40. The summed E-state index contributed by atoms with van der Waals surface area (Å²) in [6.07, 6.45) is 2.23. The van der Waals surface area contributed by atoms with Crippen molar-refractivity contribution in [1.29, 1.82) is 0 Å². The molecule has 3 heteroatoms. The van der Waals surface area contributed by atoms with Gasteiger partial charge in [-0.15, -0.1) is 0 Å². The van der Waals surface area contributed by atoms with Gasteiger partial charge in [0.25, 0.3) is 0 Å². The van der Waals surface area contributed by atoms with Crippen molar-refractivity contribution in [1.82, 2.24) is 5.32 Å². The van der Waals surface area contributed by atoms with Crippen molar-refractivity contribution in [2.24, 2.45) is 0 Å². The number of rotatable bonds is 8. The Labute approximate surface area is 110 Å². The minimum absolute atomic E-state index is 0.267. The highest BCUT2D eigenvalue weighted by Gasteiger charge is 2.14. The first kappa shape index (κ1) is 15.0. The van der Waals surface area contributed by atoms with Crippen molar-refractivity contribution in [3.63, 3.8) is 0 Å². The van der Waals surface area contributed by atoms with Crippen molar-refractivity contribution in [3.05, 3.63) is 29.8 Å². The van der Waals surface area contributed by atoms with Gasteiger partial charge in [-0.3, -0.25) is 0 Å². The fourth-order valence-electron chi connectivity index (χ4n) is 2.16. The molecule has 3 nitrogen and oxygen atoms in total. The Bertz CT molecular complexity index is 341. The van der Waals surface area contributed by atoms with Crippen molar-refractivity contribution < 1.29 is 9.47 Å². The standard InChI is InChI=1S/C15H25NO2/c1-5-16-14(10-12(2)17-3)11-13-8-6-7-9-15(13)18-4/h6-9,12,14,16H,5,10-11H2,1-4H3. The quantitative estimate of drug-likeness (QED) is 0.770. The van der Waals surface area contributed by atoms with Gasteiger partial charge in [-0.1, -0.05) is 25.1 Å². The summed E-state index contributed by atoms with van der Waals surface area (Å²) in [5.74, 6) is 0.963. The van der Waals surface area contributed by atoms with Crippen molar-refractivity contribution in [2.75, 3.05) is 20.8 Å². The molecule has 0 saturated heterocycles. The average Bonchev–Trinajstić information content (AvgIpc) is 2.39. The lowest BCUT2D eigenvalue weighted by atomic mass is 10.00. The van der Waals surface area contributed by atoms with Crippen LogP contribution in [-0.4, -0.2) is 32.9 Å². The lowest BCUT2D eigenvalue weighted by Gasteiger charge is -2.22. The van der Waals surface area contributed by atoms with Crippen molar-refractivity contribution in [3.8, 4) is 5.75 Å². The van der Waals surface area contributed by atoms with Crippen LogP contribution in [0, 0.1) is 0 Å². The summed E-state index contributed by atoms with van der Waals surface area (Å²) in [4.78, 5) is 0. The van der Waals surface area contributed by atoms with Crippen LogP contribution in [-0.2, 0) is 11.2 Å². The Morgan fingerprint density at radius 2 is 1.94 bits per heavy atom. The third-order valence-electron chi connectivity index (χ3n) is 3.17. The second-order valence-corrected chi connectivity index (χ2v) is 4.55. The highest BCUT2D eigenvalue weighted by molar-refractivity contribution is 5.33. The largest absolute Gasteiger partial charge is 0.496 e. The van der Waals surface area contributed by atoms with Gasteiger partial charge >= 0.3 is 0 Å². The molecule has 0 amide bonds. The minimum Gasteiger partial charge on any atom is -0.496 e. The van der Waals surface area contributed by atoms with Crippen LogP contribution in [0.2, 0.25) is 0 Å². The number of para-hydroxylation sites is 1. The molecule has 0 aliphatic heterocycles. The van der Waals surface area contributed by atoms with E-state index in [4.69, 9.17) is 9.47 Å². The highest BCUT2D eigenvalue weighted by Crippen LogP contribution is 2.20. The number of hydrogen-bond acceptors (Lipinski definition) is 3. The second kappa shape index (κ2) is 8.11. The Balaban J connectivity index is 2.69. The fraction of sp³-hybridized carbons (Fsp3) is 0.600. The van der Waals surface area contributed by atoms with Gasteiger partial charge < -0.3 is 14.8 Å². The maximum absolute atomic E-state index is 5.40. The van der Waals surface area contributed by atoms with E-state index in [1.165, 1.54) is 5.56 Å². The summed E-state index contributed by atoms with van der Waals surface area (Å²) in [7, 11) is 3.48. The van der Waals surface area contributed by atoms with Crippen LogP contribution < -0.4 is 10.1 Å². The summed E-state index contributed by atoms with van der Waals surface area (Å²) in [6.45, 7) is 5.20. The normalized spacial score (nSPS) is 14.2. The lowest BCUT2D eigenvalue weighted by Crippen LogP contribution is -2.34. The van der Waals surface area contributed by atoms with Gasteiger partial charge in [-0.05, 0) is 37.9 Å². The highest BCUT2D eigenvalue weighted by atomic mass is 16.5. The number of methoxy groups -OCH3 is 2. The second-order valence-electron chi connectivity index (χ2n) is 4.55. The first-order chi connectivity index (χ1) is 8.71. The van der Waals surface area contributed by atoms with Gasteiger partial charge in [0.05, 0.1) is 13.2 Å². The molecule has 1 aromatic rings. The van der Waals surface area contributed by atoms with E-state index in [-0.39, 0.29) is 6.10 Å². The van der Waals surface area contributed by atoms with E-state index in [0.717, 1.165) is 25.1 Å². The van der Waals surface area contributed by atoms with E-state index in [1.54, 1.807) is 14.2 Å². The van der Waals surface area contributed by atoms with Crippen LogP contribution >= 0.6 is 0 Å². The fourth-order valence-corrected chi connectivity index (χ4v) is 2.16. The summed E-state index contributed by atoms with van der Waals surface area (Å²) in [6, 6.07) is 8.61. The molecule has 1 N–H and O–H groups in total. The summed E-state index contributed by atoms with van der Waals surface area (Å²) in [5.41, 5.74) is 1.24. The van der Waals surface area contributed by atoms with Crippen LogP contribution in [0.15, 0.2) is 24.3 Å². The zero-order valence-electron chi connectivity index (χ0n) is 11.9. The van der Waals surface area contributed by atoms with Crippen LogP contribution in [0.25, 0.3) is 0 Å². The third kappa shape index (κ3) is 4.67. The number of likely N-dealkylation sites (N-methyl/N-ethyl adjacent to an activating group) is 1. The number of benzene rings is 1. The minimum atomic E-state index is 0.267. The Morgan fingerprint density at radius 3 is 2.56 bits per heavy atom. The third-order valence-corrected chi connectivity index (χ3v) is 3.17. The zero-order chi connectivity index (χ0) is 13.4. The molecule has 0 aromatic heterocycles. The average molecular weight is 251 g/mol. The summed E-state index contributed by atoms with van der Waals surface area (Å²) < 4.78 is 10.7. The van der Waals surface area contributed by atoms with Gasteiger partial charge in [0.2, 0.25) is 0 Å². The van der Waals surface area contributed by atoms with Gasteiger partial charge in [0.1, 0.15) is 5.75 Å². The molecular formula is C15H25NO2. The van der Waals surface area contributed by atoms with E-state index >= 15 is 0 Å². The molecule has 0 bridgehead atoms. The molecule has 18 heavy (non-hydrogen) atoms. The first-order valence-electron chi connectivity index (χ1n) is 6.59. The van der Waals surface area contributed by atoms with Crippen LogP contribution in [0.1, 0.15) is 25.8 Å². The lowest BCUT2D eigenvalue weighted by molar-refractivity contribution is 0.100.